The molecule has 3 heteroatoms. The number of rotatable bonds is 8. The molecule has 0 radical (unpaired) electrons. The molecule has 1 saturated carbocycles. The van der Waals surface area contributed by atoms with Crippen LogP contribution < -0.4 is 14.8 Å². The molecule has 0 unspecified atom stereocenters. The van der Waals surface area contributed by atoms with E-state index in [0.717, 1.165) is 18.0 Å². The minimum Gasteiger partial charge on any atom is -0.490 e. The first-order valence-electron chi connectivity index (χ1n) is 8.06. The molecule has 1 aromatic carbocycles. The zero-order valence-electron chi connectivity index (χ0n) is 13.1. The summed E-state index contributed by atoms with van der Waals surface area (Å²) >= 11 is 0. The highest BCUT2D eigenvalue weighted by Gasteiger charge is 2.13. The van der Waals surface area contributed by atoms with E-state index in [1.165, 1.54) is 37.7 Å². The van der Waals surface area contributed by atoms with Gasteiger partial charge in [-0.1, -0.05) is 38.0 Å². The predicted molar refractivity (Wildman–Crippen MR) is 87.0 cm³/mol. The van der Waals surface area contributed by atoms with Crippen LogP contribution in [0.4, 0.5) is 0 Å². The lowest BCUT2D eigenvalue weighted by atomic mass is 9.95. The Morgan fingerprint density at radius 1 is 1.19 bits per heavy atom. The van der Waals surface area contributed by atoms with Crippen LogP contribution in [-0.4, -0.2) is 19.3 Å². The minimum absolute atomic E-state index is 0.500. The van der Waals surface area contributed by atoms with Crippen LogP contribution in [0.2, 0.25) is 0 Å². The van der Waals surface area contributed by atoms with Crippen molar-refractivity contribution in [2.75, 3.05) is 13.2 Å². The summed E-state index contributed by atoms with van der Waals surface area (Å²) in [5.74, 6) is 1.61. The van der Waals surface area contributed by atoms with E-state index in [1.807, 2.05) is 13.0 Å². The van der Waals surface area contributed by atoms with Crippen molar-refractivity contribution in [1.82, 2.24) is 5.32 Å². The fraction of sp³-hybridized carbons (Fsp3) is 0.556. The maximum absolute atomic E-state index is 5.68. The van der Waals surface area contributed by atoms with Crippen LogP contribution in [0.15, 0.2) is 30.9 Å². The van der Waals surface area contributed by atoms with Crippen molar-refractivity contribution in [3.63, 3.8) is 0 Å². The molecular formula is C18H27NO2. The summed E-state index contributed by atoms with van der Waals surface area (Å²) in [6.45, 7) is 7.70. The smallest absolute Gasteiger partial charge is 0.161 e. The van der Waals surface area contributed by atoms with Crippen LogP contribution in [0.5, 0.6) is 11.5 Å². The first kappa shape index (κ1) is 15.9. The average Bonchev–Trinajstić information content (AvgIpc) is 2.53. The molecule has 0 bridgehead atoms. The molecule has 1 aromatic rings. The Balaban J connectivity index is 1.95. The molecule has 0 heterocycles. The third-order valence-electron chi connectivity index (χ3n) is 3.86. The normalized spacial score (nSPS) is 15.7. The Bertz CT molecular complexity index is 439. The SMILES string of the molecule is C=CCOc1ccc(CNC2CCCCC2)cc1OCC. The fourth-order valence-electron chi connectivity index (χ4n) is 2.77. The van der Waals surface area contributed by atoms with Crippen molar-refractivity contribution in [3.05, 3.63) is 36.4 Å². The molecule has 0 spiro atoms. The molecule has 3 nitrogen and oxygen atoms in total. The van der Waals surface area contributed by atoms with E-state index in [1.54, 1.807) is 6.08 Å². The minimum atomic E-state index is 0.500. The summed E-state index contributed by atoms with van der Waals surface area (Å²) in [4.78, 5) is 0. The van der Waals surface area contributed by atoms with Gasteiger partial charge < -0.3 is 14.8 Å². The van der Waals surface area contributed by atoms with Gasteiger partial charge in [0.25, 0.3) is 0 Å². The van der Waals surface area contributed by atoms with Gasteiger partial charge in [-0.3, -0.25) is 0 Å². The van der Waals surface area contributed by atoms with E-state index in [0.29, 0.717) is 19.3 Å². The van der Waals surface area contributed by atoms with E-state index >= 15 is 0 Å². The topological polar surface area (TPSA) is 30.5 Å². The molecule has 0 amide bonds. The van der Waals surface area contributed by atoms with Crippen LogP contribution in [0, 0.1) is 0 Å². The van der Waals surface area contributed by atoms with Crippen molar-refractivity contribution < 1.29 is 9.47 Å². The van der Waals surface area contributed by atoms with E-state index in [-0.39, 0.29) is 0 Å². The maximum atomic E-state index is 5.68. The highest BCUT2D eigenvalue weighted by atomic mass is 16.5. The highest BCUT2D eigenvalue weighted by Crippen LogP contribution is 2.28. The summed E-state index contributed by atoms with van der Waals surface area (Å²) in [6, 6.07) is 6.85. The lowest BCUT2D eigenvalue weighted by molar-refractivity contribution is 0.296. The molecule has 1 fully saturated rings. The van der Waals surface area contributed by atoms with Crippen LogP contribution in [0.25, 0.3) is 0 Å². The zero-order valence-corrected chi connectivity index (χ0v) is 13.1. The van der Waals surface area contributed by atoms with Crippen molar-refractivity contribution in [2.45, 2.75) is 51.6 Å². The van der Waals surface area contributed by atoms with Crippen LogP contribution >= 0.6 is 0 Å². The summed E-state index contributed by atoms with van der Waals surface area (Å²) in [5, 5.41) is 3.66. The Labute approximate surface area is 128 Å². The second-order valence-corrected chi connectivity index (χ2v) is 5.53. The van der Waals surface area contributed by atoms with Gasteiger partial charge in [0.15, 0.2) is 11.5 Å². The van der Waals surface area contributed by atoms with Crippen LogP contribution in [0.3, 0.4) is 0 Å². The molecule has 116 valence electrons. The molecular weight excluding hydrogens is 262 g/mol. The van der Waals surface area contributed by atoms with Crippen molar-refractivity contribution in [3.8, 4) is 11.5 Å². The van der Waals surface area contributed by atoms with E-state index in [9.17, 15) is 0 Å². The van der Waals surface area contributed by atoms with Crippen molar-refractivity contribution in [2.24, 2.45) is 0 Å². The molecule has 0 aliphatic heterocycles. The van der Waals surface area contributed by atoms with Crippen LogP contribution in [-0.2, 0) is 6.54 Å². The quantitative estimate of drug-likeness (QED) is 0.732. The number of nitrogens with one attached hydrogen (secondary N) is 1. The van der Waals surface area contributed by atoms with E-state index < -0.39 is 0 Å². The lowest BCUT2D eigenvalue weighted by Gasteiger charge is -2.23. The third-order valence-corrected chi connectivity index (χ3v) is 3.86. The monoisotopic (exact) mass is 289 g/mol. The van der Waals surface area contributed by atoms with E-state index in [4.69, 9.17) is 9.47 Å². The largest absolute Gasteiger partial charge is 0.490 e. The fourth-order valence-corrected chi connectivity index (χ4v) is 2.77. The molecule has 0 aromatic heterocycles. The highest BCUT2D eigenvalue weighted by molar-refractivity contribution is 5.43. The Hall–Kier alpha value is -1.48. The molecule has 1 aliphatic rings. The second kappa shape index (κ2) is 8.73. The van der Waals surface area contributed by atoms with Crippen LogP contribution in [0.1, 0.15) is 44.6 Å². The standard InChI is InChI=1S/C18H27NO2/c1-3-12-21-17-11-10-15(13-18(17)20-4-2)14-19-16-8-6-5-7-9-16/h3,10-11,13,16,19H,1,4-9,12,14H2,2H3. The Morgan fingerprint density at radius 2 is 2.00 bits per heavy atom. The Morgan fingerprint density at radius 3 is 2.71 bits per heavy atom. The van der Waals surface area contributed by atoms with Gasteiger partial charge in [-0.05, 0) is 37.5 Å². The number of ether oxygens (including phenoxy) is 2. The summed E-state index contributed by atoms with van der Waals surface area (Å²) in [5.41, 5.74) is 1.25. The molecule has 2 rings (SSSR count). The lowest BCUT2D eigenvalue weighted by Crippen LogP contribution is -2.30. The molecule has 21 heavy (non-hydrogen) atoms. The predicted octanol–water partition coefficient (Wildman–Crippen LogP) is 4.07. The zero-order chi connectivity index (χ0) is 14.9. The van der Waals surface area contributed by atoms with Gasteiger partial charge in [-0.2, -0.15) is 0 Å². The summed E-state index contributed by atoms with van der Waals surface area (Å²) < 4.78 is 11.3. The number of hydrogen-bond acceptors (Lipinski definition) is 3. The third kappa shape index (κ3) is 5.09. The van der Waals surface area contributed by atoms with E-state index in [2.05, 4.69) is 24.0 Å². The van der Waals surface area contributed by atoms with Gasteiger partial charge >= 0.3 is 0 Å². The van der Waals surface area contributed by atoms with Crippen molar-refractivity contribution >= 4 is 0 Å². The van der Waals surface area contributed by atoms with Gasteiger partial charge in [0.1, 0.15) is 6.61 Å². The van der Waals surface area contributed by atoms with Gasteiger partial charge in [0, 0.05) is 12.6 Å². The number of hydrogen-bond donors (Lipinski definition) is 1. The summed E-state index contributed by atoms with van der Waals surface area (Å²) in [6.07, 6.45) is 8.46. The number of benzene rings is 1. The first-order valence-corrected chi connectivity index (χ1v) is 8.06. The first-order chi connectivity index (χ1) is 10.3. The van der Waals surface area contributed by atoms with Gasteiger partial charge in [0.05, 0.1) is 6.61 Å². The molecule has 0 atom stereocenters. The van der Waals surface area contributed by atoms with Gasteiger partial charge in [-0.25, -0.2) is 0 Å². The Kier molecular flexibility index (Phi) is 6.61. The summed E-state index contributed by atoms with van der Waals surface area (Å²) in [7, 11) is 0. The average molecular weight is 289 g/mol. The van der Waals surface area contributed by atoms with Gasteiger partial charge in [0.2, 0.25) is 0 Å². The molecule has 1 aliphatic carbocycles. The molecule has 1 N–H and O–H groups in total. The molecule has 0 saturated heterocycles. The second-order valence-electron chi connectivity index (χ2n) is 5.53. The van der Waals surface area contributed by atoms with Crippen molar-refractivity contribution in [1.29, 1.82) is 0 Å². The van der Waals surface area contributed by atoms with Gasteiger partial charge in [-0.15, -0.1) is 0 Å². The maximum Gasteiger partial charge on any atom is 0.161 e.